The van der Waals surface area contributed by atoms with Crippen molar-refractivity contribution in [3.05, 3.63) is 44.5 Å². The lowest BCUT2D eigenvalue weighted by Gasteiger charge is -2.14. The Kier molecular flexibility index (Phi) is 3.85. The van der Waals surface area contributed by atoms with Gasteiger partial charge in [0, 0.05) is 24.6 Å². The normalized spacial score (nSPS) is 10.6. The average Bonchev–Trinajstić information content (AvgIpc) is 2.14. The van der Waals surface area contributed by atoms with Gasteiger partial charge in [0.05, 0.1) is 10.6 Å². The van der Waals surface area contributed by atoms with E-state index in [4.69, 9.17) is 0 Å². The van der Waals surface area contributed by atoms with Gasteiger partial charge in [-0.1, -0.05) is 6.07 Å². The van der Waals surface area contributed by atoms with Crippen LogP contribution in [0.5, 0.6) is 0 Å². The van der Waals surface area contributed by atoms with Gasteiger partial charge < -0.3 is 4.90 Å². The molecule has 1 rings (SSSR count). The summed E-state index contributed by atoms with van der Waals surface area (Å²) < 4.78 is 0.915. The van der Waals surface area contributed by atoms with E-state index in [9.17, 15) is 10.1 Å². The first-order valence-electron chi connectivity index (χ1n) is 4.29. The summed E-state index contributed by atoms with van der Waals surface area (Å²) in [6, 6.07) is 5.58. The van der Waals surface area contributed by atoms with Crippen LogP contribution in [0, 0.1) is 10.1 Å². The fourth-order valence-electron chi connectivity index (χ4n) is 1.14. The standard InChI is InChI=1S/C10H11BrN2O2/c1-12(2)10-4-3-8(7-9(10)11)5-6-13(14)15/h3-7H,1-2H3/b6-5+. The largest absolute Gasteiger partial charge is 0.377 e. The molecule has 80 valence electrons. The average molecular weight is 271 g/mol. The molecular formula is C10H11BrN2O2. The second-order valence-electron chi connectivity index (χ2n) is 3.21. The molecule has 5 heteroatoms. The molecule has 0 aliphatic rings. The van der Waals surface area contributed by atoms with Crippen LogP contribution < -0.4 is 4.90 Å². The van der Waals surface area contributed by atoms with Crippen LogP contribution in [0.4, 0.5) is 5.69 Å². The van der Waals surface area contributed by atoms with Gasteiger partial charge in [0.15, 0.2) is 0 Å². The summed E-state index contributed by atoms with van der Waals surface area (Å²) in [5.41, 5.74) is 1.83. The molecule has 15 heavy (non-hydrogen) atoms. The molecule has 0 aliphatic heterocycles. The number of nitrogens with zero attached hydrogens (tertiary/aromatic N) is 2. The van der Waals surface area contributed by atoms with Crippen LogP contribution in [0.25, 0.3) is 6.08 Å². The van der Waals surface area contributed by atoms with Crippen molar-refractivity contribution in [1.29, 1.82) is 0 Å². The van der Waals surface area contributed by atoms with Gasteiger partial charge in [0.2, 0.25) is 6.20 Å². The van der Waals surface area contributed by atoms with E-state index in [0.717, 1.165) is 21.9 Å². The van der Waals surface area contributed by atoms with Crippen molar-refractivity contribution in [2.75, 3.05) is 19.0 Å². The van der Waals surface area contributed by atoms with E-state index in [-0.39, 0.29) is 0 Å². The third-order valence-electron chi connectivity index (χ3n) is 1.84. The van der Waals surface area contributed by atoms with Gasteiger partial charge in [-0.05, 0) is 33.6 Å². The van der Waals surface area contributed by atoms with Crippen molar-refractivity contribution in [2.24, 2.45) is 0 Å². The number of hydrogen-bond donors (Lipinski definition) is 0. The van der Waals surface area contributed by atoms with Gasteiger partial charge in [0.25, 0.3) is 0 Å². The first kappa shape index (κ1) is 11.7. The molecule has 0 fully saturated rings. The summed E-state index contributed by atoms with van der Waals surface area (Å²) in [7, 11) is 3.87. The molecule has 1 aromatic carbocycles. The Labute approximate surface area is 96.5 Å². The van der Waals surface area contributed by atoms with Crippen LogP contribution in [-0.4, -0.2) is 19.0 Å². The SMILES string of the molecule is CN(C)c1ccc(/C=C/[N+](=O)[O-])cc1Br. The lowest BCUT2D eigenvalue weighted by Crippen LogP contribution is -2.09. The molecule has 0 amide bonds. The van der Waals surface area contributed by atoms with Crippen molar-refractivity contribution < 1.29 is 4.92 Å². The van der Waals surface area contributed by atoms with Crippen LogP contribution in [0.3, 0.4) is 0 Å². The minimum atomic E-state index is -0.478. The van der Waals surface area contributed by atoms with Crippen LogP contribution in [0.15, 0.2) is 28.9 Å². The van der Waals surface area contributed by atoms with E-state index >= 15 is 0 Å². The van der Waals surface area contributed by atoms with Gasteiger partial charge in [0.1, 0.15) is 0 Å². The van der Waals surface area contributed by atoms with Crippen molar-refractivity contribution in [3.8, 4) is 0 Å². The Morgan fingerprint density at radius 2 is 2.13 bits per heavy atom. The molecule has 4 nitrogen and oxygen atoms in total. The number of hydrogen-bond acceptors (Lipinski definition) is 3. The predicted octanol–water partition coefficient (Wildman–Crippen LogP) is 2.76. The fraction of sp³-hybridized carbons (Fsp3) is 0.200. The van der Waals surface area contributed by atoms with E-state index in [2.05, 4.69) is 15.9 Å². The molecule has 1 aromatic rings. The Morgan fingerprint density at radius 1 is 1.47 bits per heavy atom. The third-order valence-corrected chi connectivity index (χ3v) is 2.48. The molecule has 0 radical (unpaired) electrons. The highest BCUT2D eigenvalue weighted by Crippen LogP contribution is 2.26. The zero-order valence-electron chi connectivity index (χ0n) is 8.48. The summed E-state index contributed by atoms with van der Waals surface area (Å²) in [6.07, 6.45) is 2.39. The molecule has 0 bridgehead atoms. The number of nitro groups is 1. The highest BCUT2D eigenvalue weighted by molar-refractivity contribution is 9.10. The molecule has 0 saturated heterocycles. The molecular weight excluding hydrogens is 260 g/mol. The van der Waals surface area contributed by atoms with Gasteiger partial charge >= 0.3 is 0 Å². The quantitative estimate of drug-likeness (QED) is 0.627. The predicted molar refractivity (Wildman–Crippen MR) is 64.5 cm³/mol. The third kappa shape index (κ3) is 3.36. The minimum Gasteiger partial charge on any atom is -0.377 e. The summed E-state index contributed by atoms with van der Waals surface area (Å²) in [5.74, 6) is 0. The monoisotopic (exact) mass is 270 g/mol. The Morgan fingerprint density at radius 3 is 2.60 bits per heavy atom. The molecule has 0 aliphatic carbocycles. The molecule has 0 unspecified atom stereocenters. The molecule has 0 N–H and O–H groups in total. The molecule has 0 aromatic heterocycles. The van der Waals surface area contributed by atoms with E-state index in [0.29, 0.717) is 0 Å². The van der Waals surface area contributed by atoms with E-state index < -0.39 is 4.92 Å². The molecule has 0 spiro atoms. The van der Waals surface area contributed by atoms with E-state index in [1.54, 1.807) is 0 Å². The maximum atomic E-state index is 10.1. The van der Waals surface area contributed by atoms with Crippen LogP contribution in [-0.2, 0) is 0 Å². The van der Waals surface area contributed by atoms with Crippen LogP contribution in [0.2, 0.25) is 0 Å². The fourth-order valence-corrected chi connectivity index (χ4v) is 1.89. The molecule has 0 heterocycles. The first-order chi connectivity index (χ1) is 7.00. The summed E-state index contributed by atoms with van der Waals surface area (Å²) in [5, 5.41) is 10.1. The summed E-state index contributed by atoms with van der Waals surface area (Å²) in [4.78, 5) is 11.6. The topological polar surface area (TPSA) is 46.4 Å². The second kappa shape index (κ2) is 4.93. The smallest absolute Gasteiger partial charge is 0.235 e. The Balaban J connectivity index is 2.96. The minimum absolute atomic E-state index is 0.478. The van der Waals surface area contributed by atoms with E-state index in [1.807, 2.05) is 37.2 Å². The van der Waals surface area contributed by atoms with Crippen LogP contribution in [0.1, 0.15) is 5.56 Å². The number of rotatable bonds is 3. The van der Waals surface area contributed by atoms with Gasteiger partial charge in [-0.25, -0.2) is 0 Å². The van der Waals surface area contributed by atoms with Crippen molar-refractivity contribution in [2.45, 2.75) is 0 Å². The van der Waals surface area contributed by atoms with Crippen molar-refractivity contribution in [3.63, 3.8) is 0 Å². The number of benzene rings is 1. The zero-order chi connectivity index (χ0) is 11.4. The lowest BCUT2D eigenvalue weighted by atomic mass is 10.2. The second-order valence-corrected chi connectivity index (χ2v) is 4.06. The van der Waals surface area contributed by atoms with Gasteiger partial charge in [-0.15, -0.1) is 0 Å². The van der Waals surface area contributed by atoms with E-state index in [1.165, 1.54) is 6.08 Å². The maximum Gasteiger partial charge on any atom is 0.235 e. The number of halogens is 1. The highest BCUT2D eigenvalue weighted by atomic mass is 79.9. The van der Waals surface area contributed by atoms with Crippen LogP contribution >= 0.6 is 15.9 Å². The Bertz CT molecular complexity index is 402. The molecule has 0 saturated carbocycles. The summed E-state index contributed by atoms with van der Waals surface area (Å²) >= 11 is 3.41. The first-order valence-corrected chi connectivity index (χ1v) is 5.08. The summed E-state index contributed by atoms with van der Waals surface area (Å²) in [6.45, 7) is 0. The van der Waals surface area contributed by atoms with Gasteiger partial charge in [-0.2, -0.15) is 0 Å². The molecule has 0 atom stereocenters. The number of anilines is 1. The zero-order valence-corrected chi connectivity index (χ0v) is 10.1. The highest BCUT2D eigenvalue weighted by Gasteiger charge is 2.02. The maximum absolute atomic E-state index is 10.1. The van der Waals surface area contributed by atoms with Crippen molar-refractivity contribution in [1.82, 2.24) is 0 Å². The lowest BCUT2D eigenvalue weighted by molar-refractivity contribution is -0.400. The Hall–Kier alpha value is -1.36. The van der Waals surface area contributed by atoms with Crippen molar-refractivity contribution >= 4 is 27.7 Å². The van der Waals surface area contributed by atoms with Gasteiger partial charge in [-0.3, -0.25) is 10.1 Å².